The highest BCUT2D eigenvalue weighted by molar-refractivity contribution is 7.14. The first-order valence-corrected chi connectivity index (χ1v) is 10.3. The molecule has 0 saturated carbocycles. The van der Waals surface area contributed by atoms with E-state index in [4.69, 9.17) is 4.98 Å². The van der Waals surface area contributed by atoms with E-state index >= 15 is 0 Å². The average Bonchev–Trinajstić information content (AvgIpc) is 3.26. The molecule has 1 amide bonds. The van der Waals surface area contributed by atoms with Gasteiger partial charge < -0.3 is 5.32 Å². The number of hydrogen-bond acceptors (Lipinski definition) is 6. The van der Waals surface area contributed by atoms with Crippen molar-refractivity contribution in [1.29, 1.82) is 0 Å². The molecular weight excluding hydrogens is 384 g/mol. The third-order valence-corrected chi connectivity index (χ3v) is 5.80. The van der Waals surface area contributed by atoms with Gasteiger partial charge >= 0.3 is 0 Å². The largest absolute Gasteiger partial charge is 0.302 e. The highest BCUT2D eigenvalue weighted by Crippen LogP contribution is 2.27. The van der Waals surface area contributed by atoms with Crippen LogP contribution in [0.3, 0.4) is 0 Å². The Balaban J connectivity index is 1.47. The normalized spacial score (nSPS) is 11.2. The van der Waals surface area contributed by atoms with Crippen LogP contribution in [0.15, 0.2) is 29.9 Å². The molecule has 4 rings (SSSR count). The fraction of sp³-hybridized carbons (Fsp3) is 0.286. The Morgan fingerprint density at radius 1 is 1.21 bits per heavy atom. The zero-order chi connectivity index (χ0) is 20.5. The second-order valence-corrected chi connectivity index (χ2v) is 7.89. The summed E-state index contributed by atoms with van der Waals surface area (Å²) in [5.41, 5.74) is 6.80. The highest BCUT2D eigenvalue weighted by atomic mass is 32.1. The summed E-state index contributed by atoms with van der Waals surface area (Å²) in [5, 5.41) is 11.0. The number of hydrogen-bond donors (Lipinski definition) is 1. The maximum Gasteiger partial charge on any atom is 0.226 e. The molecule has 0 aliphatic heterocycles. The van der Waals surface area contributed by atoms with Crippen molar-refractivity contribution in [2.45, 2.75) is 33.6 Å². The molecular formula is C21H22N6OS. The summed E-state index contributed by atoms with van der Waals surface area (Å²) in [6, 6.07) is 3.81. The van der Waals surface area contributed by atoms with E-state index in [1.54, 1.807) is 12.4 Å². The van der Waals surface area contributed by atoms with Crippen LogP contribution in [0.1, 0.15) is 28.9 Å². The van der Waals surface area contributed by atoms with Gasteiger partial charge in [-0.15, -0.1) is 11.3 Å². The molecule has 4 aromatic heterocycles. The van der Waals surface area contributed by atoms with Gasteiger partial charge in [0.1, 0.15) is 0 Å². The number of thiazole rings is 1. The number of carbonyl (C=O) groups excluding carboxylic acids is 1. The van der Waals surface area contributed by atoms with Gasteiger partial charge in [0.2, 0.25) is 5.91 Å². The lowest BCUT2D eigenvalue weighted by molar-refractivity contribution is -0.116. The van der Waals surface area contributed by atoms with E-state index in [-0.39, 0.29) is 5.91 Å². The predicted octanol–water partition coefficient (Wildman–Crippen LogP) is 3.98. The van der Waals surface area contributed by atoms with E-state index in [2.05, 4.69) is 27.3 Å². The van der Waals surface area contributed by atoms with Gasteiger partial charge in [-0.2, -0.15) is 5.10 Å². The molecule has 4 aromatic rings. The maximum absolute atomic E-state index is 12.5. The van der Waals surface area contributed by atoms with Gasteiger partial charge in [-0.3, -0.25) is 14.5 Å². The molecule has 8 heteroatoms. The van der Waals surface area contributed by atoms with Crippen LogP contribution in [0.2, 0.25) is 0 Å². The van der Waals surface area contributed by atoms with Crippen LogP contribution < -0.4 is 5.32 Å². The summed E-state index contributed by atoms with van der Waals surface area (Å²) in [5.74, 6) is -0.0566. The smallest absolute Gasteiger partial charge is 0.226 e. The molecule has 0 aliphatic rings. The topological polar surface area (TPSA) is 85.6 Å². The van der Waals surface area contributed by atoms with Gasteiger partial charge in [-0.1, -0.05) is 0 Å². The van der Waals surface area contributed by atoms with Gasteiger partial charge in [0.05, 0.1) is 11.4 Å². The van der Waals surface area contributed by atoms with Crippen molar-refractivity contribution in [1.82, 2.24) is 24.7 Å². The second kappa shape index (κ2) is 7.71. The van der Waals surface area contributed by atoms with Gasteiger partial charge in [-0.05, 0) is 50.5 Å². The zero-order valence-electron chi connectivity index (χ0n) is 16.9. The number of nitrogens with zero attached hydrogens (tertiary/aromatic N) is 5. The minimum absolute atomic E-state index is 0.0566. The fourth-order valence-electron chi connectivity index (χ4n) is 3.63. The summed E-state index contributed by atoms with van der Waals surface area (Å²) in [6.45, 7) is 6.06. The summed E-state index contributed by atoms with van der Waals surface area (Å²) in [7, 11) is 1.90. The molecule has 29 heavy (non-hydrogen) atoms. The van der Waals surface area contributed by atoms with Crippen LogP contribution in [0.5, 0.6) is 0 Å². The fourth-order valence-corrected chi connectivity index (χ4v) is 4.36. The number of aromatic nitrogens is 5. The molecule has 0 atom stereocenters. The third-order valence-electron chi connectivity index (χ3n) is 5.04. The van der Waals surface area contributed by atoms with Crippen molar-refractivity contribution in [2.75, 3.05) is 5.32 Å². The number of carbonyl (C=O) groups is 1. The molecule has 0 saturated heterocycles. The Morgan fingerprint density at radius 3 is 2.79 bits per heavy atom. The van der Waals surface area contributed by atoms with Crippen LogP contribution >= 0.6 is 11.3 Å². The van der Waals surface area contributed by atoms with Gasteiger partial charge in [-0.25, -0.2) is 9.97 Å². The molecule has 0 radical (unpaired) electrons. The van der Waals surface area contributed by atoms with Crippen LogP contribution in [0.25, 0.3) is 22.3 Å². The monoisotopic (exact) mass is 406 g/mol. The number of aryl methyl sites for hydroxylation is 4. The second-order valence-electron chi connectivity index (χ2n) is 7.04. The van der Waals surface area contributed by atoms with E-state index in [1.807, 2.05) is 43.1 Å². The first kappa shape index (κ1) is 19.2. The molecule has 0 bridgehead atoms. The molecule has 0 unspecified atom stereocenters. The Kier molecular flexibility index (Phi) is 5.10. The Labute approximate surface area is 172 Å². The first-order valence-electron chi connectivity index (χ1n) is 9.39. The van der Waals surface area contributed by atoms with E-state index in [0.29, 0.717) is 18.0 Å². The van der Waals surface area contributed by atoms with Crippen LogP contribution in [-0.4, -0.2) is 30.6 Å². The minimum Gasteiger partial charge on any atom is -0.302 e. The first-order chi connectivity index (χ1) is 13.9. The van der Waals surface area contributed by atoms with Crippen molar-refractivity contribution in [3.05, 3.63) is 52.4 Å². The summed E-state index contributed by atoms with van der Waals surface area (Å²) >= 11 is 1.41. The number of pyridine rings is 2. The minimum atomic E-state index is -0.0566. The van der Waals surface area contributed by atoms with Crippen molar-refractivity contribution in [2.24, 2.45) is 7.05 Å². The Morgan fingerprint density at radius 2 is 2.03 bits per heavy atom. The van der Waals surface area contributed by atoms with Crippen LogP contribution in [-0.2, 0) is 18.3 Å². The van der Waals surface area contributed by atoms with E-state index in [9.17, 15) is 4.79 Å². The van der Waals surface area contributed by atoms with E-state index in [1.165, 1.54) is 11.3 Å². The Bertz CT molecular complexity index is 1200. The third kappa shape index (κ3) is 3.75. The molecule has 0 fully saturated rings. The standard InChI is InChI=1S/C21H22N6OS/c1-12-16(13(2)23-20-19(12)14(3)26-27(20)4)7-8-18(28)25-21-24-17(11-29-21)15-6-5-9-22-10-15/h5-6,9-11H,7-8H2,1-4H3,(H,24,25,28). The molecule has 0 aromatic carbocycles. The molecule has 7 nitrogen and oxygen atoms in total. The maximum atomic E-state index is 12.5. The van der Waals surface area contributed by atoms with Gasteiger partial charge in [0.15, 0.2) is 10.8 Å². The molecule has 0 aliphatic carbocycles. The quantitative estimate of drug-likeness (QED) is 0.542. The lowest BCUT2D eigenvalue weighted by Gasteiger charge is -2.11. The predicted molar refractivity (Wildman–Crippen MR) is 115 cm³/mol. The van der Waals surface area contributed by atoms with E-state index < -0.39 is 0 Å². The molecule has 1 N–H and O–H groups in total. The van der Waals surface area contributed by atoms with Gasteiger partial charge in [0, 0.05) is 47.9 Å². The highest BCUT2D eigenvalue weighted by Gasteiger charge is 2.16. The van der Waals surface area contributed by atoms with Crippen molar-refractivity contribution in [3.63, 3.8) is 0 Å². The summed E-state index contributed by atoms with van der Waals surface area (Å²) in [4.78, 5) is 25.8. The summed E-state index contributed by atoms with van der Waals surface area (Å²) in [6.07, 6.45) is 4.48. The molecule has 148 valence electrons. The Hall–Kier alpha value is -3.13. The summed E-state index contributed by atoms with van der Waals surface area (Å²) < 4.78 is 1.81. The lowest BCUT2D eigenvalue weighted by Crippen LogP contribution is -2.13. The number of rotatable bonds is 5. The lowest BCUT2D eigenvalue weighted by atomic mass is 9.99. The van der Waals surface area contributed by atoms with Crippen LogP contribution in [0, 0.1) is 20.8 Å². The zero-order valence-corrected chi connectivity index (χ0v) is 17.7. The number of anilines is 1. The average molecular weight is 407 g/mol. The number of nitrogens with one attached hydrogen (secondary N) is 1. The van der Waals surface area contributed by atoms with E-state index in [0.717, 1.165) is 44.8 Å². The SMILES string of the molecule is Cc1nc2c(c(C)nn2C)c(C)c1CCC(=O)Nc1nc(-c2cccnc2)cs1. The van der Waals surface area contributed by atoms with Crippen molar-refractivity contribution < 1.29 is 4.79 Å². The molecule has 4 heterocycles. The number of amides is 1. The van der Waals surface area contributed by atoms with Crippen molar-refractivity contribution in [3.8, 4) is 11.3 Å². The van der Waals surface area contributed by atoms with Crippen LogP contribution in [0.4, 0.5) is 5.13 Å². The van der Waals surface area contributed by atoms with Gasteiger partial charge in [0.25, 0.3) is 0 Å². The molecule has 0 spiro atoms. The number of fused-ring (bicyclic) bond motifs is 1. The van der Waals surface area contributed by atoms with Crippen molar-refractivity contribution >= 4 is 33.4 Å².